The van der Waals surface area contributed by atoms with Crippen molar-refractivity contribution in [3.05, 3.63) is 107 Å². The first-order valence-electron chi connectivity index (χ1n) is 12.2. The first kappa shape index (κ1) is 22.2. The van der Waals surface area contributed by atoms with Crippen molar-refractivity contribution in [2.45, 2.75) is 46.0 Å². The molecule has 0 unspecified atom stereocenters. The molecule has 0 fully saturated rings. The SMILES string of the molecule is CC(C)c1cccc(C(C)C)c1/N=C1/C(=N/CCc2ccccn2)c2cccc3cccc1c23. The predicted molar refractivity (Wildman–Crippen MR) is 144 cm³/mol. The van der Waals surface area contributed by atoms with Crippen molar-refractivity contribution in [2.75, 3.05) is 6.54 Å². The number of benzene rings is 3. The van der Waals surface area contributed by atoms with Gasteiger partial charge in [-0.05, 0) is 40.5 Å². The maximum atomic E-state index is 5.42. The van der Waals surface area contributed by atoms with Gasteiger partial charge >= 0.3 is 0 Å². The highest BCUT2D eigenvalue weighted by Gasteiger charge is 2.27. The second-order valence-electron chi connectivity index (χ2n) is 9.57. The van der Waals surface area contributed by atoms with E-state index in [2.05, 4.69) is 93.3 Å². The van der Waals surface area contributed by atoms with Gasteiger partial charge < -0.3 is 0 Å². The monoisotopic (exact) mass is 445 g/mol. The number of aromatic nitrogens is 1. The molecule has 1 aliphatic rings. The van der Waals surface area contributed by atoms with Crippen LogP contribution in [0.2, 0.25) is 0 Å². The lowest BCUT2D eigenvalue weighted by Crippen LogP contribution is -2.12. The van der Waals surface area contributed by atoms with E-state index in [1.54, 1.807) is 0 Å². The van der Waals surface area contributed by atoms with Gasteiger partial charge in [0.2, 0.25) is 0 Å². The Bertz CT molecular complexity index is 1360. The Hall–Kier alpha value is -3.59. The average molecular weight is 446 g/mol. The minimum Gasteiger partial charge on any atom is -0.282 e. The van der Waals surface area contributed by atoms with Gasteiger partial charge in [-0.2, -0.15) is 0 Å². The topological polar surface area (TPSA) is 37.6 Å². The molecular weight excluding hydrogens is 414 g/mol. The van der Waals surface area contributed by atoms with Crippen LogP contribution in [0.25, 0.3) is 10.8 Å². The Kier molecular flexibility index (Phi) is 6.10. The van der Waals surface area contributed by atoms with Gasteiger partial charge in [0.15, 0.2) is 0 Å². The number of para-hydroxylation sites is 1. The molecule has 0 radical (unpaired) electrons. The van der Waals surface area contributed by atoms with E-state index in [9.17, 15) is 0 Å². The van der Waals surface area contributed by atoms with Crippen molar-refractivity contribution >= 4 is 27.9 Å². The van der Waals surface area contributed by atoms with E-state index >= 15 is 0 Å². The van der Waals surface area contributed by atoms with Crippen molar-refractivity contribution < 1.29 is 0 Å². The first-order chi connectivity index (χ1) is 16.5. The molecular formula is C31H31N3. The van der Waals surface area contributed by atoms with Gasteiger partial charge in [0.05, 0.1) is 17.1 Å². The van der Waals surface area contributed by atoms with Crippen molar-refractivity contribution in [1.82, 2.24) is 4.98 Å². The number of rotatable bonds is 6. The minimum absolute atomic E-state index is 0.391. The summed E-state index contributed by atoms with van der Waals surface area (Å²) in [5, 5.41) is 2.49. The van der Waals surface area contributed by atoms with E-state index in [1.165, 1.54) is 33.0 Å². The van der Waals surface area contributed by atoms with Crippen molar-refractivity contribution in [3.63, 3.8) is 0 Å². The summed E-state index contributed by atoms with van der Waals surface area (Å²) in [5.41, 5.74) is 9.08. The van der Waals surface area contributed by atoms with Crippen LogP contribution in [0.5, 0.6) is 0 Å². The normalized spacial score (nSPS) is 15.4. The van der Waals surface area contributed by atoms with Gasteiger partial charge in [-0.15, -0.1) is 0 Å². The summed E-state index contributed by atoms with van der Waals surface area (Å²) >= 11 is 0. The van der Waals surface area contributed by atoms with Gasteiger partial charge in [-0.3, -0.25) is 9.98 Å². The van der Waals surface area contributed by atoms with Crippen LogP contribution >= 0.6 is 0 Å². The molecule has 3 nitrogen and oxygen atoms in total. The Morgan fingerprint density at radius 3 is 1.97 bits per heavy atom. The predicted octanol–water partition coefficient (Wildman–Crippen LogP) is 7.65. The number of aliphatic imine (C=N–C) groups is 2. The van der Waals surface area contributed by atoms with Crippen LogP contribution < -0.4 is 0 Å². The molecule has 4 aromatic rings. The highest BCUT2D eigenvalue weighted by Crippen LogP contribution is 2.38. The third-order valence-electron chi connectivity index (χ3n) is 6.57. The standard InChI is InChI=1S/C31H31N3/c1-20(2)24-13-9-14-25(21(3)4)29(24)34-31-27-16-8-11-22-10-7-15-26(28(22)27)30(31)33-19-17-23-12-5-6-18-32-23/h5-16,18,20-21H,17,19H2,1-4H3/b33-30+,34-31+. The number of hydrogen-bond donors (Lipinski definition) is 0. The Labute approximate surface area is 202 Å². The fourth-order valence-corrected chi connectivity index (χ4v) is 4.84. The number of pyridine rings is 1. The summed E-state index contributed by atoms with van der Waals surface area (Å²) in [7, 11) is 0. The maximum absolute atomic E-state index is 5.42. The number of hydrogen-bond acceptors (Lipinski definition) is 3. The molecule has 0 atom stereocenters. The van der Waals surface area contributed by atoms with Crippen molar-refractivity contribution in [3.8, 4) is 0 Å². The molecule has 3 aromatic carbocycles. The fourth-order valence-electron chi connectivity index (χ4n) is 4.84. The van der Waals surface area contributed by atoms with E-state index in [-0.39, 0.29) is 0 Å². The Balaban J connectivity index is 1.68. The van der Waals surface area contributed by atoms with Gasteiger partial charge in [-0.25, -0.2) is 4.99 Å². The molecule has 0 spiro atoms. The molecule has 1 aromatic heterocycles. The van der Waals surface area contributed by atoms with Crippen LogP contribution in [0, 0.1) is 0 Å². The second kappa shape index (κ2) is 9.34. The molecule has 1 aliphatic carbocycles. The summed E-state index contributed by atoms with van der Waals surface area (Å²) in [6, 6.07) is 25.6. The van der Waals surface area contributed by atoms with E-state index in [0.29, 0.717) is 18.4 Å². The smallest absolute Gasteiger partial charge is 0.0974 e. The lowest BCUT2D eigenvalue weighted by molar-refractivity contribution is 0.835. The molecule has 0 aliphatic heterocycles. The third kappa shape index (κ3) is 4.07. The molecule has 0 amide bonds. The highest BCUT2D eigenvalue weighted by molar-refractivity contribution is 6.61. The lowest BCUT2D eigenvalue weighted by Gasteiger charge is -2.17. The molecule has 1 heterocycles. The Morgan fingerprint density at radius 1 is 0.706 bits per heavy atom. The largest absolute Gasteiger partial charge is 0.282 e. The van der Waals surface area contributed by atoms with Crippen LogP contribution in [-0.4, -0.2) is 23.0 Å². The zero-order valence-electron chi connectivity index (χ0n) is 20.4. The van der Waals surface area contributed by atoms with Crippen molar-refractivity contribution in [2.24, 2.45) is 9.98 Å². The number of nitrogens with zero attached hydrogens (tertiary/aromatic N) is 3. The van der Waals surface area contributed by atoms with Crippen molar-refractivity contribution in [1.29, 1.82) is 0 Å². The molecule has 0 bridgehead atoms. The van der Waals surface area contributed by atoms with Gasteiger partial charge in [0, 0.05) is 41.4 Å². The zero-order valence-corrected chi connectivity index (χ0v) is 20.4. The summed E-state index contributed by atoms with van der Waals surface area (Å²) in [5.74, 6) is 0.782. The first-order valence-corrected chi connectivity index (χ1v) is 12.2. The summed E-state index contributed by atoms with van der Waals surface area (Å²) in [4.78, 5) is 15.0. The molecule has 0 saturated heterocycles. The fraction of sp³-hybridized carbons (Fsp3) is 0.258. The van der Waals surface area contributed by atoms with Crippen LogP contribution in [0.1, 0.15) is 67.5 Å². The van der Waals surface area contributed by atoms with E-state index in [1.807, 2.05) is 18.3 Å². The average Bonchev–Trinajstić information content (AvgIpc) is 3.14. The molecule has 0 saturated carbocycles. The quantitative estimate of drug-likeness (QED) is 0.300. The zero-order chi connectivity index (χ0) is 23.7. The van der Waals surface area contributed by atoms with Crippen LogP contribution in [0.4, 0.5) is 5.69 Å². The van der Waals surface area contributed by atoms with Gasteiger partial charge in [-0.1, -0.05) is 88.4 Å². The molecule has 0 N–H and O–H groups in total. The van der Waals surface area contributed by atoms with Crippen LogP contribution in [0.3, 0.4) is 0 Å². The summed E-state index contributed by atoms with van der Waals surface area (Å²) in [6.45, 7) is 9.66. The van der Waals surface area contributed by atoms with Crippen LogP contribution in [-0.2, 0) is 6.42 Å². The maximum Gasteiger partial charge on any atom is 0.0974 e. The van der Waals surface area contributed by atoms with E-state index < -0.39 is 0 Å². The van der Waals surface area contributed by atoms with Crippen LogP contribution in [0.15, 0.2) is 89.0 Å². The second-order valence-corrected chi connectivity index (χ2v) is 9.57. The lowest BCUT2D eigenvalue weighted by atomic mass is 9.92. The van der Waals surface area contributed by atoms with Gasteiger partial charge in [0.25, 0.3) is 0 Å². The molecule has 34 heavy (non-hydrogen) atoms. The molecule has 170 valence electrons. The van der Waals surface area contributed by atoms with Gasteiger partial charge in [0.1, 0.15) is 0 Å². The summed E-state index contributed by atoms with van der Waals surface area (Å²) < 4.78 is 0. The molecule has 5 rings (SSSR count). The third-order valence-corrected chi connectivity index (χ3v) is 6.57. The summed E-state index contributed by atoms with van der Waals surface area (Å²) in [6.07, 6.45) is 2.65. The van der Waals surface area contributed by atoms with E-state index in [4.69, 9.17) is 9.98 Å². The molecule has 3 heteroatoms. The van der Waals surface area contributed by atoms with E-state index in [0.717, 1.165) is 29.2 Å². The highest BCUT2D eigenvalue weighted by atomic mass is 14.8. The minimum atomic E-state index is 0.391. The Morgan fingerprint density at radius 2 is 1.35 bits per heavy atom.